The smallest absolute Gasteiger partial charge is 0.398 e. The Morgan fingerprint density at radius 3 is 2.50 bits per heavy atom. The number of alkyl halides is 3. The molecule has 3 N–H and O–H groups in total. The second-order valence-corrected chi connectivity index (χ2v) is 4.81. The van der Waals surface area contributed by atoms with Crippen LogP contribution in [0, 0.1) is 0 Å². The molecule has 0 spiro atoms. The molecule has 1 amide bonds. The molecule has 1 aliphatic rings. The Morgan fingerprint density at radius 2 is 2.00 bits per heavy atom. The number of nitrogen functional groups attached to an aromatic ring is 1. The van der Waals surface area contributed by atoms with Gasteiger partial charge in [-0.2, -0.15) is 13.2 Å². The molecule has 1 aliphatic carbocycles. The topological polar surface area (TPSA) is 55.1 Å². The Kier molecular flexibility index (Phi) is 2.76. The van der Waals surface area contributed by atoms with Crippen molar-refractivity contribution in [3.05, 3.63) is 29.3 Å². The number of halogens is 3. The highest BCUT2D eigenvalue weighted by molar-refractivity contribution is 5.95. The molecule has 0 heterocycles. The van der Waals surface area contributed by atoms with Crippen molar-refractivity contribution in [2.45, 2.75) is 31.5 Å². The van der Waals surface area contributed by atoms with E-state index in [0.29, 0.717) is 0 Å². The Hall–Kier alpha value is -1.72. The van der Waals surface area contributed by atoms with Crippen molar-refractivity contribution in [1.29, 1.82) is 0 Å². The van der Waals surface area contributed by atoms with Crippen molar-refractivity contribution in [2.24, 2.45) is 0 Å². The Morgan fingerprint density at radius 1 is 1.39 bits per heavy atom. The maximum atomic E-state index is 12.6. The van der Waals surface area contributed by atoms with Crippen molar-refractivity contribution >= 4 is 11.6 Å². The zero-order valence-corrected chi connectivity index (χ0v) is 9.77. The molecule has 98 valence electrons. The standard InChI is InChI=1S/C12H13F3N2O/c1-11(4-5-11)17-10(18)7-2-3-9(16)8(6-7)12(13,14)15/h2-3,6H,4-5,16H2,1H3,(H,17,18). The summed E-state index contributed by atoms with van der Waals surface area (Å²) in [4.78, 5) is 11.8. The predicted octanol–water partition coefficient (Wildman–Crippen LogP) is 2.57. The first-order valence-electron chi connectivity index (χ1n) is 5.50. The normalized spacial score (nSPS) is 17.3. The molecule has 1 saturated carbocycles. The Labute approximate surface area is 102 Å². The maximum Gasteiger partial charge on any atom is 0.418 e. The Bertz CT molecular complexity index is 493. The number of nitrogens with one attached hydrogen (secondary N) is 1. The fourth-order valence-corrected chi connectivity index (χ4v) is 1.60. The van der Waals surface area contributed by atoms with Crippen molar-refractivity contribution < 1.29 is 18.0 Å². The molecule has 1 aromatic rings. The van der Waals surface area contributed by atoms with Gasteiger partial charge in [0.2, 0.25) is 0 Å². The molecule has 0 aromatic heterocycles. The molecule has 0 unspecified atom stereocenters. The summed E-state index contributed by atoms with van der Waals surface area (Å²) >= 11 is 0. The molecule has 1 fully saturated rings. The van der Waals surface area contributed by atoms with Gasteiger partial charge in [0.1, 0.15) is 0 Å². The lowest BCUT2D eigenvalue weighted by Gasteiger charge is -2.14. The third-order valence-electron chi connectivity index (χ3n) is 3.04. The van der Waals surface area contributed by atoms with E-state index in [1.165, 1.54) is 6.07 Å². The van der Waals surface area contributed by atoms with Gasteiger partial charge in [-0.3, -0.25) is 4.79 Å². The van der Waals surface area contributed by atoms with Crippen LogP contribution in [-0.4, -0.2) is 11.4 Å². The van der Waals surface area contributed by atoms with E-state index in [4.69, 9.17) is 5.73 Å². The monoisotopic (exact) mass is 258 g/mol. The summed E-state index contributed by atoms with van der Waals surface area (Å²) in [5.41, 5.74) is 3.62. The van der Waals surface area contributed by atoms with E-state index in [9.17, 15) is 18.0 Å². The van der Waals surface area contributed by atoms with Crippen LogP contribution < -0.4 is 11.1 Å². The molecular weight excluding hydrogens is 245 g/mol. The van der Waals surface area contributed by atoms with E-state index in [-0.39, 0.29) is 16.8 Å². The first kappa shape index (κ1) is 12.7. The van der Waals surface area contributed by atoms with Gasteiger partial charge in [-0.15, -0.1) is 0 Å². The van der Waals surface area contributed by atoms with Gasteiger partial charge in [0.05, 0.1) is 5.56 Å². The first-order chi connectivity index (χ1) is 8.21. The van der Waals surface area contributed by atoms with Gasteiger partial charge in [-0.05, 0) is 38.0 Å². The molecule has 0 aliphatic heterocycles. The number of amides is 1. The molecular formula is C12H13F3N2O. The highest BCUT2D eigenvalue weighted by Gasteiger charge is 2.39. The van der Waals surface area contributed by atoms with Gasteiger partial charge in [0.15, 0.2) is 0 Å². The van der Waals surface area contributed by atoms with Crippen molar-refractivity contribution in [1.82, 2.24) is 5.32 Å². The van der Waals surface area contributed by atoms with E-state index in [0.717, 1.165) is 25.0 Å². The number of rotatable bonds is 2. The number of benzene rings is 1. The van der Waals surface area contributed by atoms with Crippen LogP contribution in [0.2, 0.25) is 0 Å². The second-order valence-electron chi connectivity index (χ2n) is 4.81. The highest BCUT2D eigenvalue weighted by atomic mass is 19.4. The van der Waals surface area contributed by atoms with E-state index < -0.39 is 17.6 Å². The minimum absolute atomic E-state index is 0.0235. The van der Waals surface area contributed by atoms with E-state index in [2.05, 4.69) is 5.32 Å². The summed E-state index contributed by atoms with van der Waals surface area (Å²) in [6, 6.07) is 3.19. The van der Waals surface area contributed by atoms with E-state index in [1.54, 1.807) is 0 Å². The lowest BCUT2D eigenvalue weighted by atomic mass is 10.1. The van der Waals surface area contributed by atoms with Crippen LogP contribution in [0.5, 0.6) is 0 Å². The third kappa shape index (κ3) is 2.57. The maximum absolute atomic E-state index is 12.6. The third-order valence-corrected chi connectivity index (χ3v) is 3.04. The van der Waals surface area contributed by atoms with Gasteiger partial charge >= 0.3 is 6.18 Å². The molecule has 3 nitrogen and oxygen atoms in total. The summed E-state index contributed by atoms with van der Waals surface area (Å²) in [6.07, 6.45) is -2.86. The fraction of sp³-hybridized carbons (Fsp3) is 0.417. The van der Waals surface area contributed by atoms with Gasteiger partial charge < -0.3 is 11.1 Å². The molecule has 0 radical (unpaired) electrons. The summed E-state index contributed by atoms with van der Waals surface area (Å²) < 4.78 is 37.9. The summed E-state index contributed by atoms with van der Waals surface area (Å²) in [6.45, 7) is 1.85. The lowest BCUT2D eigenvalue weighted by molar-refractivity contribution is -0.136. The molecule has 6 heteroatoms. The summed E-state index contributed by atoms with van der Waals surface area (Å²) in [7, 11) is 0. The quantitative estimate of drug-likeness (QED) is 0.801. The molecule has 0 atom stereocenters. The van der Waals surface area contributed by atoms with Crippen LogP contribution in [0.25, 0.3) is 0 Å². The Balaban J connectivity index is 2.26. The predicted molar refractivity (Wildman–Crippen MR) is 61.0 cm³/mol. The van der Waals surface area contributed by atoms with Gasteiger partial charge in [0.25, 0.3) is 5.91 Å². The zero-order valence-electron chi connectivity index (χ0n) is 9.77. The molecule has 0 saturated heterocycles. The minimum Gasteiger partial charge on any atom is -0.398 e. The molecule has 2 rings (SSSR count). The van der Waals surface area contributed by atoms with Crippen LogP contribution in [0.15, 0.2) is 18.2 Å². The van der Waals surface area contributed by atoms with Gasteiger partial charge in [-0.25, -0.2) is 0 Å². The number of nitrogens with two attached hydrogens (primary N) is 1. The number of hydrogen-bond acceptors (Lipinski definition) is 2. The first-order valence-corrected chi connectivity index (χ1v) is 5.50. The number of carbonyl (C=O) groups excluding carboxylic acids is 1. The average molecular weight is 258 g/mol. The largest absolute Gasteiger partial charge is 0.418 e. The van der Waals surface area contributed by atoms with Crippen molar-refractivity contribution in [3.8, 4) is 0 Å². The van der Waals surface area contributed by atoms with E-state index >= 15 is 0 Å². The van der Waals surface area contributed by atoms with Gasteiger partial charge in [0, 0.05) is 16.8 Å². The summed E-state index contributed by atoms with van der Waals surface area (Å²) in [5, 5.41) is 2.70. The molecule has 1 aromatic carbocycles. The SMILES string of the molecule is CC1(NC(=O)c2ccc(N)c(C(F)(F)F)c2)CC1. The van der Waals surface area contributed by atoms with Crippen LogP contribution in [0.4, 0.5) is 18.9 Å². The van der Waals surface area contributed by atoms with Crippen molar-refractivity contribution in [3.63, 3.8) is 0 Å². The second kappa shape index (κ2) is 3.90. The van der Waals surface area contributed by atoms with Crippen LogP contribution in [-0.2, 0) is 6.18 Å². The highest BCUT2D eigenvalue weighted by Crippen LogP contribution is 2.36. The average Bonchev–Trinajstić information content (AvgIpc) is 2.94. The van der Waals surface area contributed by atoms with Crippen LogP contribution >= 0.6 is 0 Å². The molecule has 0 bridgehead atoms. The zero-order chi connectivity index (χ0) is 13.6. The fourth-order valence-electron chi connectivity index (χ4n) is 1.60. The lowest BCUT2D eigenvalue weighted by Crippen LogP contribution is -2.34. The molecule has 18 heavy (non-hydrogen) atoms. The minimum atomic E-state index is -4.55. The number of anilines is 1. The van der Waals surface area contributed by atoms with Crippen LogP contribution in [0.1, 0.15) is 35.7 Å². The van der Waals surface area contributed by atoms with Crippen molar-refractivity contribution in [2.75, 3.05) is 5.73 Å². The van der Waals surface area contributed by atoms with E-state index in [1.807, 2.05) is 6.92 Å². The summed E-state index contributed by atoms with van der Waals surface area (Å²) in [5.74, 6) is -0.500. The van der Waals surface area contributed by atoms with Gasteiger partial charge in [-0.1, -0.05) is 0 Å². The van der Waals surface area contributed by atoms with Crippen LogP contribution in [0.3, 0.4) is 0 Å². The number of hydrogen-bond donors (Lipinski definition) is 2. The number of carbonyl (C=O) groups is 1.